The molecule has 1 rings (SSSR count). The molecule has 0 saturated carbocycles. The van der Waals surface area contributed by atoms with Gasteiger partial charge in [-0.05, 0) is 28.9 Å². The number of halogens is 1. The normalized spacial score (nSPS) is 9.89. The van der Waals surface area contributed by atoms with Crippen molar-refractivity contribution >= 4 is 22.6 Å². The predicted molar refractivity (Wildman–Crippen MR) is 45.9 cm³/mol. The van der Waals surface area contributed by atoms with Gasteiger partial charge in [-0.2, -0.15) is 0 Å². The fourth-order valence-electron chi connectivity index (χ4n) is 0.706. The molecule has 0 aliphatic carbocycles. The van der Waals surface area contributed by atoms with Crippen LogP contribution in [-0.4, -0.2) is 4.43 Å². The van der Waals surface area contributed by atoms with Crippen LogP contribution in [0.1, 0.15) is 12.0 Å². The summed E-state index contributed by atoms with van der Waals surface area (Å²) in [6.07, 6.45) is 5.94. The summed E-state index contributed by atoms with van der Waals surface area (Å²) in [5.41, 5.74) is 1.31. The summed E-state index contributed by atoms with van der Waals surface area (Å²) in [4.78, 5) is 0. The zero-order valence-corrected chi connectivity index (χ0v) is 7.30. The van der Waals surface area contributed by atoms with Gasteiger partial charge < -0.3 is 4.42 Å². The number of rotatable bonds is 3. The molecule has 0 aliphatic heterocycles. The molecule has 0 radical (unpaired) electrons. The summed E-state index contributed by atoms with van der Waals surface area (Å²) in [6.45, 7) is 0. The maximum Gasteiger partial charge on any atom is 0.0934 e. The zero-order valence-electron chi connectivity index (χ0n) is 5.14. The molecule has 0 atom stereocenters. The van der Waals surface area contributed by atoms with E-state index in [2.05, 4.69) is 22.6 Å². The van der Waals surface area contributed by atoms with Crippen molar-refractivity contribution in [3.8, 4) is 0 Å². The van der Waals surface area contributed by atoms with Gasteiger partial charge in [-0.15, -0.1) is 0 Å². The lowest BCUT2D eigenvalue weighted by atomic mass is 10.2. The molecule has 0 unspecified atom stereocenters. The summed E-state index contributed by atoms with van der Waals surface area (Å²) in [6, 6.07) is 2.02. The van der Waals surface area contributed by atoms with Crippen LogP contribution in [0.2, 0.25) is 0 Å². The van der Waals surface area contributed by atoms with E-state index in [4.69, 9.17) is 4.42 Å². The Hall–Kier alpha value is 0.01000. The van der Waals surface area contributed by atoms with Gasteiger partial charge in [0.1, 0.15) is 0 Å². The Bertz CT molecular complexity index is 146. The SMILES string of the molecule is ICCCc1ccoc1. The van der Waals surface area contributed by atoms with E-state index in [9.17, 15) is 0 Å². The second-order valence-electron chi connectivity index (χ2n) is 1.92. The second-order valence-corrected chi connectivity index (χ2v) is 3.00. The van der Waals surface area contributed by atoms with Crippen LogP contribution in [0, 0.1) is 0 Å². The topological polar surface area (TPSA) is 13.1 Å². The summed E-state index contributed by atoms with van der Waals surface area (Å²) in [5, 5.41) is 0. The molecule has 0 spiro atoms. The third-order valence-electron chi connectivity index (χ3n) is 1.18. The monoisotopic (exact) mass is 236 g/mol. The average molecular weight is 236 g/mol. The average Bonchev–Trinajstić information content (AvgIpc) is 2.34. The Balaban J connectivity index is 2.30. The van der Waals surface area contributed by atoms with Crippen molar-refractivity contribution < 1.29 is 4.42 Å². The Morgan fingerprint density at radius 2 is 2.44 bits per heavy atom. The van der Waals surface area contributed by atoms with Gasteiger partial charge in [0, 0.05) is 0 Å². The highest BCUT2D eigenvalue weighted by Crippen LogP contribution is 2.04. The zero-order chi connectivity index (χ0) is 6.53. The van der Waals surface area contributed by atoms with E-state index in [0.717, 1.165) is 6.42 Å². The quantitative estimate of drug-likeness (QED) is 0.580. The lowest BCUT2D eigenvalue weighted by molar-refractivity contribution is 0.563. The van der Waals surface area contributed by atoms with Crippen LogP contribution >= 0.6 is 22.6 Å². The van der Waals surface area contributed by atoms with Gasteiger partial charge in [0.05, 0.1) is 12.5 Å². The minimum atomic E-state index is 1.15. The first kappa shape index (κ1) is 7.12. The third kappa shape index (κ3) is 2.39. The largest absolute Gasteiger partial charge is 0.472 e. The standard InChI is InChI=1S/C7H9IO/c8-4-1-2-7-3-5-9-6-7/h3,5-6H,1-2,4H2. The van der Waals surface area contributed by atoms with Crippen molar-refractivity contribution in [3.63, 3.8) is 0 Å². The predicted octanol–water partition coefficient (Wildman–Crippen LogP) is 2.65. The molecule has 0 saturated heterocycles. The number of furan rings is 1. The van der Waals surface area contributed by atoms with Crippen LogP contribution in [0.4, 0.5) is 0 Å². The number of alkyl halides is 1. The van der Waals surface area contributed by atoms with E-state index < -0.39 is 0 Å². The van der Waals surface area contributed by atoms with Gasteiger partial charge in [0.15, 0.2) is 0 Å². The summed E-state index contributed by atoms with van der Waals surface area (Å²) >= 11 is 2.38. The number of hydrogen-bond acceptors (Lipinski definition) is 1. The van der Waals surface area contributed by atoms with Crippen molar-refractivity contribution in [2.24, 2.45) is 0 Å². The smallest absolute Gasteiger partial charge is 0.0934 e. The lowest BCUT2D eigenvalue weighted by Crippen LogP contribution is -1.80. The van der Waals surface area contributed by atoms with Crippen molar-refractivity contribution in [2.45, 2.75) is 12.8 Å². The molecule has 50 valence electrons. The molecule has 1 heterocycles. The van der Waals surface area contributed by atoms with E-state index in [1.165, 1.54) is 16.4 Å². The first-order chi connectivity index (χ1) is 4.43. The van der Waals surface area contributed by atoms with E-state index in [1.807, 2.05) is 12.3 Å². The number of aryl methyl sites for hydroxylation is 1. The van der Waals surface area contributed by atoms with E-state index in [1.54, 1.807) is 6.26 Å². The van der Waals surface area contributed by atoms with E-state index in [0.29, 0.717) is 0 Å². The molecule has 0 fully saturated rings. The van der Waals surface area contributed by atoms with Crippen LogP contribution < -0.4 is 0 Å². The second kappa shape index (κ2) is 3.93. The molecule has 9 heavy (non-hydrogen) atoms. The molecule has 0 N–H and O–H groups in total. The molecule has 1 aromatic heterocycles. The summed E-state index contributed by atoms with van der Waals surface area (Å²) in [7, 11) is 0. The highest BCUT2D eigenvalue weighted by atomic mass is 127. The van der Waals surface area contributed by atoms with E-state index in [-0.39, 0.29) is 0 Å². The molecule has 2 heteroatoms. The highest BCUT2D eigenvalue weighted by molar-refractivity contribution is 14.1. The molecular formula is C7H9IO. The van der Waals surface area contributed by atoms with Crippen LogP contribution in [0.3, 0.4) is 0 Å². The molecule has 1 nitrogen and oxygen atoms in total. The van der Waals surface area contributed by atoms with Crippen LogP contribution in [0.25, 0.3) is 0 Å². The number of hydrogen-bond donors (Lipinski definition) is 0. The Morgan fingerprint density at radius 3 is 3.00 bits per heavy atom. The van der Waals surface area contributed by atoms with Gasteiger partial charge in [-0.25, -0.2) is 0 Å². The van der Waals surface area contributed by atoms with Gasteiger partial charge in [0.25, 0.3) is 0 Å². The van der Waals surface area contributed by atoms with Crippen molar-refractivity contribution in [1.82, 2.24) is 0 Å². The molecule has 0 aromatic carbocycles. The van der Waals surface area contributed by atoms with E-state index >= 15 is 0 Å². The van der Waals surface area contributed by atoms with Crippen LogP contribution in [-0.2, 0) is 6.42 Å². The summed E-state index contributed by atoms with van der Waals surface area (Å²) in [5.74, 6) is 0. The fourth-order valence-corrected chi connectivity index (χ4v) is 1.09. The third-order valence-corrected chi connectivity index (χ3v) is 1.94. The fraction of sp³-hybridized carbons (Fsp3) is 0.429. The Morgan fingerprint density at radius 1 is 1.56 bits per heavy atom. The van der Waals surface area contributed by atoms with Gasteiger partial charge in [-0.1, -0.05) is 22.6 Å². The Kier molecular flexibility index (Phi) is 3.11. The molecule has 0 aliphatic rings. The van der Waals surface area contributed by atoms with Crippen molar-refractivity contribution in [3.05, 3.63) is 24.2 Å². The van der Waals surface area contributed by atoms with Crippen LogP contribution in [0.15, 0.2) is 23.0 Å². The highest BCUT2D eigenvalue weighted by Gasteiger charge is 1.90. The van der Waals surface area contributed by atoms with Crippen molar-refractivity contribution in [1.29, 1.82) is 0 Å². The molecule has 0 amide bonds. The Labute approximate surface area is 68.6 Å². The molecular weight excluding hydrogens is 227 g/mol. The van der Waals surface area contributed by atoms with Gasteiger partial charge in [0.2, 0.25) is 0 Å². The minimum Gasteiger partial charge on any atom is -0.472 e. The van der Waals surface area contributed by atoms with Crippen molar-refractivity contribution in [2.75, 3.05) is 4.43 Å². The summed E-state index contributed by atoms with van der Waals surface area (Å²) < 4.78 is 6.13. The first-order valence-corrected chi connectivity index (χ1v) is 4.53. The molecule has 0 bridgehead atoms. The maximum atomic E-state index is 4.91. The van der Waals surface area contributed by atoms with Gasteiger partial charge >= 0.3 is 0 Å². The minimum absolute atomic E-state index is 1.15. The molecule has 1 aromatic rings. The van der Waals surface area contributed by atoms with Gasteiger partial charge in [-0.3, -0.25) is 0 Å². The first-order valence-electron chi connectivity index (χ1n) is 3.00. The van der Waals surface area contributed by atoms with Crippen LogP contribution in [0.5, 0.6) is 0 Å². The maximum absolute atomic E-state index is 4.91. The lowest BCUT2D eigenvalue weighted by Gasteiger charge is -1.88.